The van der Waals surface area contributed by atoms with Crippen molar-refractivity contribution in [2.75, 3.05) is 0 Å². The summed E-state index contributed by atoms with van der Waals surface area (Å²) in [5.41, 5.74) is 3.54. The number of rotatable bonds is 4. The van der Waals surface area contributed by atoms with E-state index < -0.39 is 0 Å². The summed E-state index contributed by atoms with van der Waals surface area (Å²) in [5.74, 6) is -0.194. The number of carbonyl (C=O) groups excluding carboxylic acids is 1. The van der Waals surface area contributed by atoms with Crippen LogP contribution in [0.25, 0.3) is 11.0 Å². The molecule has 1 heterocycles. The van der Waals surface area contributed by atoms with E-state index in [0.717, 1.165) is 11.1 Å². The minimum absolute atomic E-state index is 0.0132. The molecule has 0 aliphatic heterocycles. The molecule has 2 N–H and O–H groups in total. The average Bonchev–Trinajstić information content (AvgIpc) is 2.59. The van der Waals surface area contributed by atoms with E-state index in [1.807, 2.05) is 30.3 Å². The molecule has 0 atom stereocenters. The second-order valence-corrected chi connectivity index (χ2v) is 4.89. The summed E-state index contributed by atoms with van der Waals surface area (Å²) in [5, 5.41) is 12.0. The van der Waals surface area contributed by atoms with Gasteiger partial charge in [0.1, 0.15) is 5.52 Å². The molecule has 3 rings (SSSR count). The lowest BCUT2D eigenvalue weighted by Crippen LogP contribution is -2.23. The maximum absolute atomic E-state index is 12.4. The smallest absolute Gasteiger partial charge is 0.253 e. The fourth-order valence-corrected chi connectivity index (χ4v) is 2.29. The van der Waals surface area contributed by atoms with Gasteiger partial charge < -0.3 is 10.4 Å². The van der Waals surface area contributed by atoms with Crippen LogP contribution < -0.4 is 5.32 Å². The minimum Gasteiger partial charge on any atom is -0.392 e. The van der Waals surface area contributed by atoms with Crippen LogP contribution in [0.15, 0.2) is 54.9 Å². The van der Waals surface area contributed by atoms with Crippen LogP contribution in [-0.4, -0.2) is 21.0 Å². The lowest BCUT2D eigenvalue weighted by atomic mass is 10.1. The van der Waals surface area contributed by atoms with E-state index in [9.17, 15) is 4.79 Å². The van der Waals surface area contributed by atoms with Crippen LogP contribution >= 0.6 is 0 Å². The van der Waals surface area contributed by atoms with Crippen molar-refractivity contribution in [3.63, 3.8) is 0 Å². The van der Waals surface area contributed by atoms with Crippen molar-refractivity contribution in [2.24, 2.45) is 0 Å². The Balaban J connectivity index is 1.79. The standard InChI is InChI=1S/C17H15N3O2/c21-11-13-4-1-3-12(9-13)10-20-17(22)14-5-2-6-15-16(14)19-8-7-18-15/h1-9,21H,10-11H2,(H,20,22). The third-order valence-electron chi connectivity index (χ3n) is 3.37. The van der Waals surface area contributed by atoms with Gasteiger partial charge in [-0.15, -0.1) is 0 Å². The summed E-state index contributed by atoms with van der Waals surface area (Å²) < 4.78 is 0. The van der Waals surface area contributed by atoms with Gasteiger partial charge >= 0.3 is 0 Å². The van der Waals surface area contributed by atoms with Gasteiger partial charge in [0, 0.05) is 18.9 Å². The van der Waals surface area contributed by atoms with Crippen molar-refractivity contribution in [1.29, 1.82) is 0 Å². The van der Waals surface area contributed by atoms with Crippen LogP contribution in [0.3, 0.4) is 0 Å². The number of aromatic nitrogens is 2. The molecule has 0 saturated heterocycles. The van der Waals surface area contributed by atoms with Crippen LogP contribution in [0.1, 0.15) is 21.5 Å². The summed E-state index contributed by atoms with van der Waals surface area (Å²) in [6.07, 6.45) is 3.17. The third-order valence-corrected chi connectivity index (χ3v) is 3.37. The molecule has 0 aliphatic carbocycles. The Kier molecular flexibility index (Phi) is 4.07. The van der Waals surface area contributed by atoms with Gasteiger partial charge in [0.15, 0.2) is 0 Å². The average molecular weight is 293 g/mol. The molecule has 110 valence electrons. The number of nitrogens with one attached hydrogen (secondary N) is 1. The largest absolute Gasteiger partial charge is 0.392 e. The van der Waals surface area contributed by atoms with E-state index in [-0.39, 0.29) is 12.5 Å². The first-order valence-corrected chi connectivity index (χ1v) is 6.94. The highest BCUT2D eigenvalue weighted by molar-refractivity contribution is 6.04. The van der Waals surface area contributed by atoms with Crippen molar-refractivity contribution < 1.29 is 9.90 Å². The number of aliphatic hydroxyl groups excluding tert-OH is 1. The molecule has 22 heavy (non-hydrogen) atoms. The first-order chi connectivity index (χ1) is 10.8. The van der Waals surface area contributed by atoms with E-state index >= 15 is 0 Å². The number of amides is 1. The fraction of sp³-hybridized carbons (Fsp3) is 0.118. The van der Waals surface area contributed by atoms with Crippen LogP contribution in [0.2, 0.25) is 0 Å². The molecule has 1 aromatic heterocycles. The molecule has 0 spiro atoms. The molecule has 0 aliphatic rings. The Bertz CT molecular complexity index is 812. The van der Waals surface area contributed by atoms with Crippen LogP contribution in [0.4, 0.5) is 0 Å². The van der Waals surface area contributed by atoms with Gasteiger partial charge in [0.05, 0.1) is 17.7 Å². The molecule has 0 radical (unpaired) electrons. The Morgan fingerprint density at radius 2 is 1.82 bits per heavy atom. The van der Waals surface area contributed by atoms with Crippen LogP contribution in [0.5, 0.6) is 0 Å². The van der Waals surface area contributed by atoms with E-state index in [2.05, 4.69) is 15.3 Å². The summed E-state index contributed by atoms with van der Waals surface area (Å²) in [4.78, 5) is 20.8. The summed E-state index contributed by atoms with van der Waals surface area (Å²) in [7, 11) is 0. The summed E-state index contributed by atoms with van der Waals surface area (Å²) in [6.45, 7) is 0.379. The zero-order chi connectivity index (χ0) is 15.4. The molecule has 1 amide bonds. The predicted octanol–water partition coefficient (Wildman–Crippen LogP) is 2.05. The molecule has 3 aromatic rings. The van der Waals surface area contributed by atoms with E-state index in [0.29, 0.717) is 23.1 Å². The molecular formula is C17H15N3O2. The highest BCUT2D eigenvalue weighted by atomic mass is 16.3. The quantitative estimate of drug-likeness (QED) is 0.772. The van der Waals surface area contributed by atoms with Gasteiger partial charge in [-0.05, 0) is 23.3 Å². The zero-order valence-corrected chi connectivity index (χ0v) is 11.9. The molecule has 2 aromatic carbocycles. The maximum Gasteiger partial charge on any atom is 0.253 e. The topological polar surface area (TPSA) is 75.1 Å². The Morgan fingerprint density at radius 1 is 1.05 bits per heavy atom. The van der Waals surface area contributed by atoms with Crippen molar-refractivity contribution >= 4 is 16.9 Å². The first-order valence-electron chi connectivity index (χ1n) is 6.94. The van der Waals surface area contributed by atoms with Crippen LogP contribution in [-0.2, 0) is 13.2 Å². The highest BCUT2D eigenvalue weighted by Gasteiger charge is 2.11. The highest BCUT2D eigenvalue weighted by Crippen LogP contribution is 2.14. The lowest BCUT2D eigenvalue weighted by molar-refractivity contribution is 0.0952. The maximum atomic E-state index is 12.4. The molecule has 0 fully saturated rings. The van der Waals surface area contributed by atoms with E-state index in [4.69, 9.17) is 5.11 Å². The number of nitrogens with zero attached hydrogens (tertiary/aromatic N) is 2. The Hall–Kier alpha value is -2.79. The predicted molar refractivity (Wildman–Crippen MR) is 83.1 cm³/mol. The monoisotopic (exact) mass is 293 g/mol. The van der Waals surface area contributed by atoms with Crippen molar-refractivity contribution in [1.82, 2.24) is 15.3 Å². The third kappa shape index (κ3) is 2.94. The first kappa shape index (κ1) is 14.2. The number of aliphatic hydroxyl groups is 1. The second-order valence-electron chi connectivity index (χ2n) is 4.89. The van der Waals surface area contributed by atoms with Crippen molar-refractivity contribution in [2.45, 2.75) is 13.2 Å². The molecule has 5 nitrogen and oxygen atoms in total. The SMILES string of the molecule is O=C(NCc1cccc(CO)c1)c1cccc2nccnc12. The van der Waals surface area contributed by atoms with Crippen LogP contribution in [0, 0.1) is 0 Å². The van der Waals surface area contributed by atoms with Gasteiger partial charge in [0.25, 0.3) is 5.91 Å². The van der Waals surface area contributed by atoms with Gasteiger partial charge in [-0.3, -0.25) is 14.8 Å². The normalized spacial score (nSPS) is 10.6. The molecule has 5 heteroatoms. The van der Waals surface area contributed by atoms with Gasteiger partial charge in [-0.2, -0.15) is 0 Å². The number of para-hydroxylation sites is 1. The zero-order valence-electron chi connectivity index (χ0n) is 11.9. The molecule has 0 bridgehead atoms. The van der Waals surface area contributed by atoms with Gasteiger partial charge in [-0.1, -0.05) is 30.3 Å². The van der Waals surface area contributed by atoms with Gasteiger partial charge in [-0.25, -0.2) is 0 Å². The number of fused-ring (bicyclic) bond motifs is 1. The summed E-state index contributed by atoms with van der Waals surface area (Å²) in [6, 6.07) is 12.8. The Labute approximate surface area is 127 Å². The molecule has 0 unspecified atom stereocenters. The molecular weight excluding hydrogens is 278 g/mol. The van der Waals surface area contributed by atoms with Gasteiger partial charge in [0.2, 0.25) is 0 Å². The van der Waals surface area contributed by atoms with E-state index in [1.54, 1.807) is 24.5 Å². The van der Waals surface area contributed by atoms with Crippen molar-refractivity contribution in [3.8, 4) is 0 Å². The van der Waals surface area contributed by atoms with Crippen molar-refractivity contribution in [3.05, 3.63) is 71.5 Å². The Morgan fingerprint density at radius 3 is 2.68 bits per heavy atom. The fourth-order valence-electron chi connectivity index (χ4n) is 2.29. The van der Waals surface area contributed by atoms with E-state index in [1.165, 1.54) is 0 Å². The minimum atomic E-state index is -0.194. The number of hydrogen-bond acceptors (Lipinski definition) is 4. The number of carbonyl (C=O) groups is 1. The number of benzene rings is 2. The second kappa shape index (κ2) is 6.32. The lowest BCUT2D eigenvalue weighted by Gasteiger charge is -2.08. The number of hydrogen-bond donors (Lipinski definition) is 2. The molecule has 0 saturated carbocycles. The summed E-state index contributed by atoms with van der Waals surface area (Å²) >= 11 is 0.